The first kappa shape index (κ1) is 27.8. The number of halogens is 2. The standard InChI is InChI=1S/C30H31F2N7O3S/c1-38-8-10-39(11-9-38)29(40)21-7-6-20(43-21)25-23(32)28(35-24-16-4-2-15(3-5-16)22(24)30(41)42)37-27(36-25)19-14-34-26-18(19)12-17(31)13-33-26/h6-7,12-16,22,24H,2-5,8-11H2,1H3,(H,33,34)(H,41,42)(H,35,36,37). The third kappa shape index (κ3) is 5.03. The van der Waals surface area contributed by atoms with Gasteiger partial charge in [0, 0.05) is 49.4 Å². The zero-order valence-electron chi connectivity index (χ0n) is 23.5. The van der Waals surface area contributed by atoms with Crippen molar-refractivity contribution in [3.63, 3.8) is 0 Å². The number of thiophene rings is 1. The minimum Gasteiger partial charge on any atom is -0.481 e. The topological polar surface area (TPSA) is 127 Å². The molecule has 10 nitrogen and oxygen atoms in total. The van der Waals surface area contributed by atoms with Crippen LogP contribution >= 0.6 is 11.3 Å². The Morgan fingerprint density at radius 3 is 2.56 bits per heavy atom. The molecule has 4 aliphatic rings. The van der Waals surface area contributed by atoms with Crippen molar-refractivity contribution in [1.82, 2.24) is 29.7 Å². The second-order valence-electron chi connectivity index (χ2n) is 11.8. The number of anilines is 1. The fourth-order valence-corrected chi connectivity index (χ4v) is 7.86. The summed E-state index contributed by atoms with van der Waals surface area (Å²) in [7, 11) is 2.02. The highest BCUT2D eigenvalue weighted by molar-refractivity contribution is 7.17. The summed E-state index contributed by atoms with van der Waals surface area (Å²) in [4.78, 5) is 46.6. The number of aromatic amines is 1. The Hall–Kier alpha value is -3.97. The quantitative estimate of drug-likeness (QED) is 0.288. The average Bonchev–Trinajstić information content (AvgIpc) is 3.66. The van der Waals surface area contributed by atoms with Crippen molar-refractivity contribution in [2.75, 3.05) is 38.5 Å². The molecule has 3 saturated carbocycles. The number of hydrogen-bond donors (Lipinski definition) is 3. The van der Waals surface area contributed by atoms with Crippen molar-refractivity contribution in [3.05, 3.63) is 47.1 Å². The number of nitrogens with zero attached hydrogens (tertiary/aromatic N) is 5. The Kier molecular flexibility index (Phi) is 7.08. The number of carboxylic acid groups (broad SMARTS) is 1. The Labute approximate surface area is 250 Å². The van der Waals surface area contributed by atoms with Crippen LogP contribution in [0.15, 0.2) is 30.6 Å². The molecule has 13 heteroatoms. The summed E-state index contributed by atoms with van der Waals surface area (Å²) >= 11 is 1.15. The lowest BCUT2D eigenvalue weighted by Gasteiger charge is -2.47. The van der Waals surface area contributed by atoms with Crippen LogP contribution < -0.4 is 5.32 Å². The van der Waals surface area contributed by atoms with Crippen LogP contribution in [0.2, 0.25) is 0 Å². The number of aromatic nitrogens is 4. The monoisotopic (exact) mass is 607 g/mol. The van der Waals surface area contributed by atoms with E-state index in [0.29, 0.717) is 39.4 Å². The van der Waals surface area contributed by atoms with Crippen LogP contribution in [0.25, 0.3) is 33.0 Å². The fourth-order valence-electron chi connectivity index (χ4n) is 6.91. The molecule has 0 spiro atoms. The van der Waals surface area contributed by atoms with Crippen molar-refractivity contribution in [2.45, 2.75) is 31.7 Å². The zero-order valence-corrected chi connectivity index (χ0v) is 24.3. The number of carbonyl (C=O) groups is 2. The predicted octanol–water partition coefficient (Wildman–Crippen LogP) is 4.72. The molecule has 1 saturated heterocycles. The lowest BCUT2D eigenvalue weighted by Crippen LogP contribution is -2.51. The molecular weight excluding hydrogens is 576 g/mol. The molecule has 4 fully saturated rings. The van der Waals surface area contributed by atoms with Gasteiger partial charge in [-0.05, 0) is 62.8 Å². The summed E-state index contributed by atoms with van der Waals surface area (Å²) in [6, 6.07) is 4.17. The van der Waals surface area contributed by atoms with Crippen LogP contribution in [0, 0.1) is 29.4 Å². The highest BCUT2D eigenvalue weighted by Crippen LogP contribution is 2.47. The fraction of sp³-hybridized carbons (Fsp3) is 0.433. The maximum Gasteiger partial charge on any atom is 0.308 e. The number of pyridine rings is 1. The van der Waals surface area contributed by atoms with Crippen LogP contribution in [0.1, 0.15) is 35.4 Å². The summed E-state index contributed by atoms with van der Waals surface area (Å²) in [5, 5.41) is 13.7. The minimum absolute atomic E-state index is 0.0125. The van der Waals surface area contributed by atoms with E-state index in [1.54, 1.807) is 23.2 Å². The van der Waals surface area contributed by atoms with Crippen molar-refractivity contribution in [2.24, 2.45) is 17.8 Å². The van der Waals surface area contributed by atoms with Gasteiger partial charge in [0.25, 0.3) is 5.91 Å². The smallest absolute Gasteiger partial charge is 0.308 e. The van der Waals surface area contributed by atoms with Crippen molar-refractivity contribution in [3.8, 4) is 22.0 Å². The van der Waals surface area contributed by atoms with Gasteiger partial charge in [0.2, 0.25) is 0 Å². The number of amides is 1. The highest BCUT2D eigenvalue weighted by atomic mass is 32.1. The average molecular weight is 608 g/mol. The second kappa shape index (κ2) is 10.9. The van der Waals surface area contributed by atoms with E-state index < -0.39 is 29.6 Å². The molecular formula is C30H31F2N7O3S. The van der Waals surface area contributed by atoms with Gasteiger partial charge >= 0.3 is 5.97 Å². The van der Waals surface area contributed by atoms with Crippen LogP contribution in [0.4, 0.5) is 14.6 Å². The first-order valence-corrected chi connectivity index (χ1v) is 15.4. The van der Waals surface area contributed by atoms with Gasteiger partial charge in [0.15, 0.2) is 17.5 Å². The van der Waals surface area contributed by atoms with Crippen molar-refractivity contribution < 1.29 is 23.5 Å². The summed E-state index contributed by atoms with van der Waals surface area (Å²) in [6.07, 6.45) is 6.12. The molecule has 4 aromatic heterocycles. The number of nitrogens with one attached hydrogen (secondary N) is 2. The molecule has 5 heterocycles. The summed E-state index contributed by atoms with van der Waals surface area (Å²) in [5.41, 5.74) is 0.838. The van der Waals surface area contributed by atoms with E-state index in [9.17, 15) is 19.1 Å². The number of carboxylic acids is 1. The van der Waals surface area contributed by atoms with Crippen LogP contribution in [-0.2, 0) is 4.79 Å². The van der Waals surface area contributed by atoms with E-state index in [4.69, 9.17) is 0 Å². The largest absolute Gasteiger partial charge is 0.481 e. The molecule has 0 radical (unpaired) electrons. The first-order valence-electron chi connectivity index (χ1n) is 14.5. The second-order valence-corrected chi connectivity index (χ2v) is 12.9. The maximum atomic E-state index is 16.4. The number of fused-ring (bicyclic) bond motifs is 4. The van der Waals surface area contributed by atoms with Crippen molar-refractivity contribution in [1.29, 1.82) is 0 Å². The molecule has 4 aromatic rings. The maximum absolute atomic E-state index is 16.4. The molecule has 0 aromatic carbocycles. The Balaban J connectivity index is 1.30. The van der Waals surface area contributed by atoms with Crippen LogP contribution in [0.5, 0.6) is 0 Å². The highest BCUT2D eigenvalue weighted by Gasteiger charge is 2.47. The molecule has 3 aliphatic carbocycles. The van der Waals surface area contributed by atoms with Crippen molar-refractivity contribution >= 4 is 40.1 Å². The number of H-pyrrole nitrogens is 1. The van der Waals surface area contributed by atoms with Crippen LogP contribution in [0.3, 0.4) is 0 Å². The molecule has 1 aliphatic heterocycles. The number of piperazine rings is 1. The van der Waals surface area contributed by atoms with Gasteiger partial charge in [-0.25, -0.2) is 23.7 Å². The molecule has 43 heavy (non-hydrogen) atoms. The van der Waals surface area contributed by atoms with E-state index in [-0.39, 0.29) is 35.1 Å². The summed E-state index contributed by atoms with van der Waals surface area (Å²) in [5.74, 6) is -2.81. The van der Waals surface area contributed by atoms with E-state index in [1.807, 2.05) is 7.05 Å². The van der Waals surface area contributed by atoms with Crippen LogP contribution in [-0.4, -0.2) is 86.0 Å². The number of likely N-dealkylation sites (N-methyl/N-ethyl adjacent to an activating group) is 1. The normalized spacial score (nSPS) is 24.0. The molecule has 8 rings (SSSR count). The summed E-state index contributed by atoms with van der Waals surface area (Å²) < 4.78 is 30.6. The number of hydrogen-bond acceptors (Lipinski definition) is 8. The molecule has 2 atom stereocenters. The molecule has 3 N–H and O–H groups in total. The van der Waals surface area contributed by atoms with Gasteiger partial charge < -0.3 is 25.2 Å². The van der Waals surface area contributed by atoms with E-state index in [0.717, 1.165) is 56.3 Å². The molecule has 1 amide bonds. The predicted molar refractivity (Wildman–Crippen MR) is 158 cm³/mol. The zero-order chi connectivity index (χ0) is 29.8. The molecule has 2 unspecified atom stereocenters. The third-order valence-corrected chi connectivity index (χ3v) is 10.3. The van der Waals surface area contributed by atoms with E-state index in [1.165, 1.54) is 6.07 Å². The Bertz CT molecular complexity index is 1710. The molecule has 2 bridgehead atoms. The first-order chi connectivity index (χ1) is 20.8. The number of carbonyl (C=O) groups excluding carboxylic acids is 1. The minimum atomic E-state index is -0.898. The third-order valence-electron chi connectivity index (χ3n) is 9.24. The van der Waals surface area contributed by atoms with Gasteiger partial charge in [-0.3, -0.25) is 9.59 Å². The van der Waals surface area contributed by atoms with E-state index >= 15 is 4.39 Å². The summed E-state index contributed by atoms with van der Waals surface area (Å²) in [6.45, 7) is 2.79. The SMILES string of the molecule is CN1CCN(C(=O)c2ccc(-c3nc(-c4c[nH]c5ncc(F)cc45)nc(NC4C5CCC(CC5)C4C(=O)O)c3F)s2)CC1. The Morgan fingerprint density at radius 2 is 1.81 bits per heavy atom. The number of aliphatic carboxylic acids is 1. The lowest BCUT2D eigenvalue weighted by atomic mass is 9.61. The molecule has 224 valence electrons. The van der Waals surface area contributed by atoms with Gasteiger partial charge in [-0.2, -0.15) is 0 Å². The lowest BCUT2D eigenvalue weighted by molar-refractivity contribution is -0.148. The van der Waals surface area contributed by atoms with Gasteiger partial charge in [-0.15, -0.1) is 11.3 Å². The van der Waals surface area contributed by atoms with Gasteiger partial charge in [0.1, 0.15) is 17.2 Å². The van der Waals surface area contributed by atoms with Gasteiger partial charge in [-0.1, -0.05) is 0 Å². The Morgan fingerprint density at radius 1 is 1.07 bits per heavy atom. The van der Waals surface area contributed by atoms with Gasteiger partial charge in [0.05, 0.1) is 21.9 Å². The van der Waals surface area contributed by atoms with E-state index in [2.05, 4.69) is 30.2 Å². The number of rotatable bonds is 6.